The van der Waals surface area contributed by atoms with Crippen molar-refractivity contribution >= 4 is 28.0 Å². The van der Waals surface area contributed by atoms with Gasteiger partial charge in [-0.15, -0.1) is 0 Å². The van der Waals surface area contributed by atoms with Gasteiger partial charge in [0.1, 0.15) is 18.2 Å². The molecule has 0 fully saturated rings. The molecular formula is C18H20BrN3O2. The average Bonchev–Trinajstić information content (AvgIpc) is 2.75. The predicted octanol–water partition coefficient (Wildman–Crippen LogP) is 3.88. The molecule has 5 nitrogen and oxygen atoms in total. The Morgan fingerprint density at radius 1 is 1.33 bits per heavy atom. The van der Waals surface area contributed by atoms with Crippen LogP contribution in [0.4, 0.5) is 5.82 Å². The van der Waals surface area contributed by atoms with Crippen molar-refractivity contribution in [2.24, 2.45) is 0 Å². The highest BCUT2D eigenvalue weighted by Gasteiger charge is 2.23. The van der Waals surface area contributed by atoms with Crippen molar-refractivity contribution in [3.63, 3.8) is 0 Å². The van der Waals surface area contributed by atoms with Gasteiger partial charge in [0.05, 0.1) is 6.54 Å². The number of benzene rings is 1. The first-order valence-corrected chi connectivity index (χ1v) is 8.78. The predicted molar refractivity (Wildman–Crippen MR) is 96.9 cm³/mol. The number of nitrogens with zero attached hydrogens (tertiary/aromatic N) is 3. The van der Waals surface area contributed by atoms with Gasteiger partial charge in [-0.2, -0.15) is 0 Å². The summed E-state index contributed by atoms with van der Waals surface area (Å²) < 4.78 is 6.88. The van der Waals surface area contributed by atoms with Gasteiger partial charge in [-0.05, 0) is 31.0 Å². The molecule has 0 saturated heterocycles. The lowest BCUT2D eigenvalue weighted by Gasteiger charge is -2.26. The van der Waals surface area contributed by atoms with E-state index in [4.69, 9.17) is 4.74 Å². The smallest absolute Gasteiger partial charge is 0.194 e. The second kappa shape index (κ2) is 6.89. The van der Waals surface area contributed by atoms with Gasteiger partial charge in [0, 0.05) is 27.8 Å². The van der Waals surface area contributed by atoms with E-state index in [1.54, 1.807) is 0 Å². The molecule has 126 valence electrons. The summed E-state index contributed by atoms with van der Waals surface area (Å²) in [5, 5.41) is 0. The van der Waals surface area contributed by atoms with Crippen molar-refractivity contribution in [3.05, 3.63) is 45.3 Å². The van der Waals surface area contributed by atoms with Gasteiger partial charge in [0.15, 0.2) is 12.1 Å². The highest BCUT2D eigenvalue weighted by atomic mass is 79.9. The SMILES string of the molecule is Cc1nc(C=O)nc(N2CCOc3ccc(Br)cc3C2)c1C(C)C. The van der Waals surface area contributed by atoms with Gasteiger partial charge >= 0.3 is 0 Å². The van der Waals surface area contributed by atoms with E-state index >= 15 is 0 Å². The fourth-order valence-corrected chi connectivity index (χ4v) is 3.51. The number of aryl methyl sites for hydroxylation is 1. The molecule has 1 aliphatic rings. The molecule has 6 heteroatoms. The van der Waals surface area contributed by atoms with Gasteiger partial charge in [0.25, 0.3) is 0 Å². The van der Waals surface area contributed by atoms with Crippen LogP contribution in [-0.2, 0) is 6.54 Å². The lowest BCUT2D eigenvalue weighted by atomic mass is 10.0. The molecule has 0 amide bonds. The quantitative estimate of drug-likeness (QED) is 0.745. The zero-order valence-corrected chi connectivity index (χ0v) is 15.6. The van der Waals surface area contributed by atoms with Crippen molar-refractivity contribution in [3.8, 4) is 5.75 Å². The van der Waals surface area contributed by atoms with Crippen LogP contribution in [0.3, 0.4) is 0 Å². The van der Waals surface area contributed by atoms with E-state index in [2.05, 4.69) is 50.7 Å². The first-order chi connectivity index (χ1) is 11.5. The first-order valence-electron chi connectivity index (χ1n) is 7.99. The lowest BCUT2D eigenvalue weighted by molar-refractivity contribution is 0.111. The zero-order chi connectivity index (χ0) is 17.3. The molecular weight excluding hydrogens is 370 g/mol. The van der Waals surface area contributed by atoms with E-state index in [0.717, 1.165) is 32.9 Å². The minimum absolute atomic E-state index is 0.228. The van der Waals surface area contributed by atoms with E-state index in [1.807, 2.05) is 19.1 Å². The molecule has 0 N–H and O–H groups in total. The monoisotopic (exact) mass is 389 g/mol. The number of rotatable bonds is 3. The average molecular weight is 390 g/mol. The Bertz CT molecular complexity index is 777. The Balaban J connectivity index is 2.07. The summed E-state index contributed by atoms with van der Waals surface area (Å²) in [6.45, 7) is 8.14. The van der Waals surface area contributed by atoms with Crippen LogP contribution in [0.15, 0.2) is 22.7 Å². The number of aromatic nitrogens is 2. The minimum Gasteiger partial charge on any atom is -0.491 e. The summed E-state index contributed by atoms with van der Waals surface area (Å²) in [5.74, 6) is 2.22. The molecule has 0 unspecified atom stereocenters. The molecule has 0 radical (unpaired) electrons. The fraction of sp³-hybridized carbons (Fsp3) is 0.389. The van der Waals surface area contributed by atoms with E-state index in [-0.39, 0.29) is 11.7 Å². The first kappa shape index (κ1) is 16.9. The standard InChI is InChI=1S/C18H20BrN3O2/c1-11(2)17-12(3)20-16(10-23)21-18(17)22-6-7-24-15-5-4-14(19)8-13(15)9-22/h4-5,8,10-11H,6-7,9H2,1-3H3. The second-order valence-corrected chi connectivity index (χ2v) is 7.11. The molecule has 1 aromatic carbocycles. The van der Waals surface area contributed by atoms with Crippen LogP contribution in [0.5, 0.6) is 5.75 Å². The van der Waals surface area contributed by atoms with Crippen LogP contribution in [0, 0.1) is 6.92 Å². The van der Waals surface area contributed by atoms with E-state index in [1.165, 1.54) is 0 Å². The summed E-state index contributed by atoms with van der Waals surface area (Å²) in [6, 6.07) is 6.03. The molecule has 0 spiro atoms. The molecule has 24 heavy (non-hydrogen) atoms. The highest BCUT2D eigenvalue weighted by Crippen LogP contribution is 2.32. The molecule has 1 aromatic heterocycles. The number of anilines is 1. The van der Waals surface area contributed by atoms with E-state index in [0.29, 0.717) is 26.0 Å². The molecule has 1 aliphatic heterocycles. The molecule has 2 heterocycles. The number of hydrogen-bond donors (Lipinski definition) is 0. The second-order valence-electron chi connectivity index (χ2n) is 6.20. The van der Waals surface area contributed by atoms with Crippen molar-refractivity contribution in [2.45, 2.75) is 33.2 Å². The van der Waals surface area contributed by atoms with Gasteiger partial charge in [-0.3, -0.25) is 4.79 Å². The number of fused-ring (bicyclic) bond motifs is 1. The third kappa shape index (κ3) is 3.29. The van der Waals surface area contributed by atoms with Crippen molar-refractivity contribution in [1.29, 1.82) is 0 Å². The van der Waals surface area contributed by atoms with Crippen LogP contribution in [0.2, 0.25) is 0 Å². The number of ether oxygens (including phenoxy) is 1. The number of carbonyl (C=O) groups is 1. The van der Waals surface area contributed by atoms with Gasteiger partial charge in [-0.1, -0.05) is 29.8 Å². The fourth-order valence-electron chi connectivity index (χ4n) is 3.10. The maximum atomic E-state index is 11.2. The summed E-state index contributed by atoms with van der Waals surface area (Å²) in [7, 11) is 0. The molecule has 0 saturated carbocycles. The summed E-state index contributed by atoms with van der Waals surface area (Å²) in [5.41, 5.74) is 3.04. The Morgan fingerprint density at radius 3 is 2.83 bits per heavy atom. The Morgan fingerprint density at radius 2 is 2.12 bits per heavy atom. The minimum atomic E-state index is 0.228. The van der Waals surface area contributed by atoms with E-state index < -0.39 is 0 Å². The Kier molecular flexibility index (Phi) is 4.85. The number of hydrogen-bond acceptors (Lipinski definition) is 5. The molecule has 2 aromatic rings. The largest absolute Gasteiger partial charge is 0.491 e. The third-order valence-electron chi connectivity index (χ3n) is 4.12. The van der Waals surface area contributed by atoms with Crippen LogP contribution in [0.25, 0.3) is 0 Å². The maximum Gasteiger partial charge on any atom is 0.194 e. The molecule has 0 aliphatic carbocycles. The molecule has 0 atom stereocenters. The van der Waals surface area contributed by atoms with E-state index in [9.17, 15) is 4.79 Å². The van der Waals surface area contributed by atoms with Crippen LogP contribution in [-0.4, -0.2) is 29.4 Å². The van der Waals surface area contributed by atoms with Crippen molar-refractivity contribution in [2.75, 3.05) is 18.1 Å². The Hall–Kier alpha value is -1.95. The summed E-state index contributed by atoms with van der Waals surface area (Å²) in [6.07, 6.45) is 0.708. The molecule has 3 rings (SSSR count). The maximum absolute atomic E-state index is 11.2. The third-order valence-corrected chi connectivity index (χ3v) is 4.61. The summed E-state index contributed by atoms with van der Waals surface area (Å²) in [4.78, 5) is 22.2. The van der Waals surface area contributed by atoms with Crippen molar-refractivity contribution in [1.82, 2.24) is 9.97 Å². The van der Waals surface area contributed by atoms with Crippen LogP contribution in [0.1, 0.15) is 47.2 Å². The normalized spacial score (nSPS) is 14.1. The summed E-state index contributed by atoms with van der Waals surface area (Å²) >= 11 is 3.52. The Labute approximate surface area is 150 Å². The van der Waals surface area contributed by atoms with Crippen LogP contribution < -0.4 is 9.64 Å². The topological polar surface area (TPSA) is 55.3 Å². The highest BCUT2D eigenvalue weighted by molar-refractivity contribution is 9.10. The number of halogens is 1. The zero-order valence-electron chi connectivity index (χ0n) is 14.0. The number of carbonyl (C=O) groups excluding carboxylic acids is 1. The van der Waals surface area contributed by atoms with Gasteiger partial charge in [0.2, 0.25) is 0 Å². The number of aldehydes is 1. The van der Waals surface area contributed by atoms with Gasteiger partial charge < -0.3 is 9.64 Å². The van der Waals surface area contributed by atoms with Gasteiger partial charge in [-0.25, -0.2) is 9.97 Å². The van der Waals surface area contributed by atoms with Crippen LogP contribution >= 0.6 is 15.9 Å². The van der Waals surface area contributed by atoms with Crippen molar-refractivity contribution < 1.29 is 9.53 Å². The molecule has 0 bridgehead atoms. The lowest BCUT2D eigenvalue weighted by Crippen LogP contribution is -2.28.